The number of rotatable bonds is 2. The van der Waals surface area contributed by atoms with E-state index in [1.165, 1.54) is 0 Å². The largest absolute Gasteiger partial charge is 0.392 e. The van der Waals surface area contributed by atoms with Gasteiger partial charge in [-0.3, -0.25) is 9.78 Å². The Balaban J connectivity index is 2.05. The second kappa shape index (κ2) is 4.59. The zero-order valence-electron chi connectivity index (χ0n) is 9.13. The maximum Gasteiger partial charge on any atom is 0.244 e. The van der Waals surface area contributed by atoms with Crippen LogP contribution in [0.25, 0.3) is 0 Å². The van der Waals surface area contributed by atoms with Crippen LogP contribution >= 0.6 is 0 Å². The summed E-state index contributed by atoms with van der Waals surface area (Å²) in [6.07, 6.45) is 3.36. The molecule has 16 heavy (non-hydrogen) atoms. The first-order valence-electron chi connectivity index (χ1n) is 5.27. The maximum atomic E-state index is 12.0. The Labute approximate surface area is 94.1 Å². The highest BCUT2D eigenvalue weighted by Gasteiger charge is 2.30. The molecule has 1 amide bonds. The van der Waals surface area contributed by atoms with Crippen LogP contribution in [0.15, 0.2) is 24.5 Å². The molecule has 5 heteroatoms. The number of carbonyl (C=O) groups is 1. The van der Waals surface area contributed by atoms with E-state index in [4.69, 9.17) is 0 Å². The second-order valence-corrected chi connectivity index (χ2v) is 3.96. The number of anilines is 1. The van der Waals surface area contributed by atoms with E-state index >= 15 is 0 Å². The third-order valence-electron chi connectivity index (χ3n) is 2.77. The van der Waals surface area contributed by atoms with E-state index in [-0.39, 0.29) is 11.9 Å². The van der Waals surface area contributed by atoms with Crippen molar-refractivity contribution in [2.45, 2.75) is 18.6 Å². The molecule has 86 valence electrons. The maximum absolute atomic E-state index is 12.0. The molecule has 2 N–H and O–H groups in total. The first-order valence-corrected chi connectivity index (χ1v) is 5.27. The summed E-state index contributed by atoms with van der Waals surface area (Å²) < 4.78 is 0. The minimum absolute atomic E-state index is 0.0375. The molecule has 5 nitrogen and oxygen atoms in total. The van der Waals surface area contributed by atoms with Crippen LogP contribution in [0.3, 0.4) is 0 Å². The zero-order valence-corrected chi connectivity index (χ0v) is 9.13. The van der Waals surface area contributed by atoms with Gasteiger partial charge < -0.3 is 15.3 Å². The van der Waals surface area contributed by atoms with Crippen LogP contribution in [-0.4, -0.2) is 41.7 Å². The fraction of sp³-hybridized carbons (Fsp3) is 0.455. The van der Waals surface area contributed by atoms with Crippen molar-refractivity contribution in [1.29, 1.82) is 0 Å². The Morgan fingerprint density at radius 3 is 3.06 bits per heavy atom. The zero-order chi connectivity index (χ0) is 11.5. The predicted octanol–water partition coefficient (Wildman–Crippen LogP) is -0.233. The molecule has 1 aliphatic rings. The monoisotopic (exact) mass is 221 g/mol. The first kappa shape index (κ1) is 11.0. The second-order valence-electron chi connectivity index (χ2n) is 3.96. The predicted molar refractivity (Wildman–Crippen MR) is 60.1 cm³/mol. The molecule has 2 atom stereocenters. The highest BCUT2D eigenvalue weighted by atomic mass is 16.3. The Bertz CT molecular complexity index is 369. The average Bonchev–Trinajstić information content (AvgIpc) is 2.75. The van der Waals surface area contributed by atoms with Crippen LogP contribution in [0.5, 0.6) is 0 Å². The molecule has 2 heterocycles. The summed E-state index contributed by atoms with van der Waals surface area (Å²) in [6.45, 7) is 0.483. The minimum Gasteiger partial charge on any atom is -0.392 e. The highest BCUT2D eigenvalue weighted by Crippen LogP contribution is 2.14. The van der Waals surface area contributed by atoms with Crippen molar-refractivity contribution >= 4 is 11.6 Å². The van der Waals surface area contributed by atoms with Crippen LogP contribution in [0.1, 0.15) is 6.42 Å². The average molecular weight is 221 g/mol. The summed E-state index contributed by atoms with van der Waals surface area (Å²) in [6, 6.07) is 3.33. The number of β-amino-alcohol motifs (C(OH)–C–C–N with tert-alkyl or cyclic N) is 1. The summed E-state index contributed by atoms with van der Waals surface area (Å²) in [5, 5.41) is 12.4. The SMILES string of the molecule is CN(C(=O)C1CC(O)CN1)c1cccnc1. The van der Waals surface area contributed by atoms with Crippen molar-refractivity contribution in [2.24, 2.45) is 0 Å². The van der Waals surface area contributed by atoms with Crippen LogP contribution in [0, 0.1) is 0 Å². The summed E-state index contributed by atoms with van der Waals surface area (Å²) in [5.74, 6) is -0.0375. The van der Waals surface area contributed by atoms with Crippen LogP contribution in [0.4, 0.5) is 5.69 Å². The lowest BCUT2D eigenvalue weighted by atomic mass is 10.2. The lowest BCUT2D eigenvalue weighted by Crippen LogP contribution is -2.41. The normalized spacial score (nSPS) is 24.4. The summed E-state index contributed by atoms with van der Waals surface area (Å²) >= 11 is 0. The lowest BCUT2D eigenvalue weighted by molar-refractivity contribution is -0.120. The number of aliphatic hydroxyl groups excluding tert-OH is 1. The van der Waals surface area contributed by atoms with Gasteiger partial charge in [-0.15, -0.1) is 0 Å². The van der Waals surface area contributed by atoms with Crippen molar-refractivity contribution in [2.75, 3.05) is 18.5 Å². The Kier molecular flexibility index (Phi) is 3.17. The lowest BCUT2D eigenvalue weighted by Gasteiger charge is -2.20. The molecule has 1 aromatic rings. The number of carbonyl (C=O) groups excluding carboxylic acids is 1. The third kappa shape index (κ3) is 2.20. The Morgan fingerprint density at radius 1 is 1.69 bits per heavy atom. The molecule has 2 unspecified atom stereocenters. The van der Waals surface area contributed by atoms with Gasteiger partial charge in [0.25, 0.3) is 0 Å². The van der Waals surface area contributed by atoms with Gasteiger partial charge in [0.1, 0.15) is 0 Å². The Morgan fingerprint density at radius 2 is 2.50 bits per heavy atom. The van der Waals surface area contributed by atoms with Gasteiger partial charge in [0.05, 0.1) is 24.0 Å². The molecule has 0 saturated carbocycles. The third-order valence-corrected chi connectivity index (χ3v) is 2.77. The van der Waals surface area contributed by atoms with Gasteiger partial charge in [0.2, 0.25) is 5.91 Å². The van der Waals surface area contributed by atoms with Gasteiger partial charge in [-0.05, 0) is 18.6 Å². The number of pyridine rings is 1. The van der Waals surface area contributed by atoms with Crippen molar-refractivity contribution in [3.8, 4) is 0 Å². The van der Waals surface area contributed by atoms with Gasteiger partial charge in [-0.25, -0.2) is 0 Å². The number of nitrogens with one attached hydrogen (secondary N) is 1. The smallest absolute Gasteiger partial charge is 0.244 e. The molecular formula is C11H15N3O2. The molecule has 1 aromatic heterocycles. The van der Waals surface area contributed by atoms with E-state index in [1.807, 2.05) is 6.07 Å². The fourth-order valence-corrected chi connectivity index (χ4v) is 1.82. The molecule has 0 aromatic carbocycles. The molecule has 1 aliphatic heterocycles. The summed E-state index contributed by atoms with van der Waals surface area (Å²) in [5.41, 5.74) is 0.760. The quantitative estimate of drug-likeness (QED) is 0.724. The summed E-state index contributed by atoms with van der Waals surface area (Å²) in [7, 11) is 1.71. The minimum atomic E-state index is -0.420. The number of aromatic nitrogens is 1. The molecule has 2 rings (SSSR count). The molecule has 0 spiro atoms. The molecule has 0 aliphatic carbocycles. The van der Waals surface area contributed by atoms with Gasteiger partial charge in [-0.2, -0.15) is 0 Å². The standard InChI is InChI=1S/C11H15N3O2/c1-14(8-3-2-4-12-6-8)11(16)10-5-9(15)7-13-10/h2-4,6,9-10,13,15H,5,7H2,1H3. The topological polar surface area (TPSA) is 65.5 Å². The van der Waals surface area contributed by atoms with Gasteiger partial charge in [0, 0.05) is 19.8 Å². The van der Waals surface area contributed by atoms with Gasteiger partial charge >= 0.3 is 0 Å². The molecule has 1 saturated heterocycles. The van der Waals surface area contributed by atoms with E-state index in [1.54, 1.807) is 30.4 Å². The molecule has 1 fully saturated rings. The van der Waals surface area contributed by atoms with Crippen molar-refractivity contribution in [3.63, 3.8) is 0 Å². The van der Waals surface area contributed by atoms with E-state index in [0.717, 1.165) is 5.69 Å². The Hall–Kier alpha value is -1.46. The number of aliphatic hydroxyl groups is 1. The molecule has 0 radical (unpaired) electrons. The number of hydrogen-bond acceptors (Lipinski definition) is 4. The number of nitrogens with zero attached hydrogens (tertiary/aromatic N) is 2. The van der Waals surface area contributed by atoms with Crippen molar-refractivity contribution in [1.82, 2.24) is 10.3 Å². The van der Waals surface area contributed by atoms with E-state index in [2.05, 4.69) is 10.3 Å². The van der Waals surface area contributed by atoms with Gasteiger partial charge in [-0.1, -0.05) is 0 Å². The van der Waals surface area contributed by atoms with Crippen LogP contribution in [-0.2, 0) is 4.79 Å². The van der Waals surface area contributed by atoms with E-state index in [9.17, 15) is 9.90 Å². The number of amides is 1. The highest BCUT2D eigenvalue weighted by molar-refractivity contribution is 5.96. The molecular weight excluding hydrogens is 206 g/mol. The first-order chi connectivity index (χ1) is 7.68. The number of hydrogen-bond donors (Lipinski definition) is 2. The van der Waals surface area contributed by atoms with Crippen molar-refractivity contribution < 1.29 is 9.90 Å². The van der Waals surface area contributed by atoms with Crippen LogP contribution in [0.2, 0.25) is 0 Å². The molecule has 0 bridgehead atoms. The van der Waals surface area contributed by atoms with Gasteiger partial charge in [0.15, 0.2) is 0 Å². The van der Waals surface area contributed by atoms with Crippen molar-refractivity contribution in [3.05, 3.63) is 24.5 Å². The number of likely N-dealkylation sites (N-methyl/N-ethyl adjacent to an activating group) is 1. The van der Waals surface area contributed by atoms with E-state index < -0.39 is 6.10 Å². The van der Waals surface area contributed by atoms with E-state index in [0.29, 0.717) is 13.0 Å². The fourth-order valence-electron chi connectivity index (χ4n) is 1.82. The summed E-state index contributed by atoms with van der Waals surface area (Å²) in [4.78, 5) is 17.5. The van der Waals surface area contributed by atoms with Crippen LogP contribution < -0.4 is 10.2 Å².